The Labute approximate surface area is 83.5 Å². The third-order valence-corrected chi connectivity index (χ3v) is 0. The molecule has 0 atom stereocenters. The van der Waals surface area contributed by atoms with Crippen LogP contribution in [-0.4, -0.2) is 55.7 Å². The first-order chi connectivity index (χ1) is 1.00. The van der Waals surface area contributed by atoms with Crippen LogP contribution in [0.5, 0.6) is 0 Å². The molecule has 0 aliphatic rings. The number of carbonyl (C=O) groups excluding carboxylic acids is 1. The van der Waals surface area contributed by atoms with E-state index in [2.05, 4.69) is 0 Å². The average Bonchev–Trinajstić information content (AvgIpc) is 1.00. The van der Waals surface area contributed by atoms with Crippen molar-refractivity contribution >= 4 is 55.7 Å². The summed E-state index contributed by atoms with van der Waals surface area (Å²) in [6.45, 7) is 2.00. The van der Waals surface area contributed by atoms with Crippen molar-refractivity contribution in [3.63, 3.8) is 0 Å². The smallest absolute Gasteiger partial charge is 1.00 e. The minimum atomic E-state index is 0. The third-order valence-electron chi connectivity index (χ3n) is 0. The molecule has 0 aromatic heterocycles. The molecule has 0 radical (unpaired) electrons. The van der Waals surface area contributed by atoms with Gasteiger partial charge >= 0.3 is 48.9 Å². The normalized spacial score (nSPS) is 1.00. The monoisotopic (exact) mass is 218 g/mol. The van der Waals surface area contributed by atoms with Crippen molar-refractivity contribution in [3.05, 3.63) is 0 Å². The summed E-state index contributed by atoms with van der Waals surface area (Å²) in [5.41, 5.74) is 0. The second-order valence-electron chi connectivity index (χ2n) is 0. The van der Waals surface area contributed by atoms with E-state index in [0.29, 0.717) is 0 Å². The van der Waals surface area contributed by atoms with Gasteiger partial charge in [0.2, 0.25) is 0 Å². The van der Waals surface area contributed by atoms with Gasteiger partial charge in [0.15, 0.2) is 0 Å². The van der Waals surface area contributed by atoms with Gasteiger partial charge in [0.1, 0.15) is 6.79 Å². The van der Waals surface area contributed by atoms with Gasteiger partial charge in [-0.3, -0.25) is 0 Å². The summed E-state index contributed by atoms with van der Waals surface area (Å²) in [5, 5.41) is 0. The molecule has 0 aromatic rings. The molecule has 0 bridgehead atoms. The topological polar surface area (TPSA) is 17.1 Å². The van der Waals surface area contributed by atoms with E-state index in [1.807, 2.05) is 6.79 Å². The van der Waals surface area contributed by atoms with Crippen LogP contribution in [0.3, 0.4) is 0 Å². The number of rotatable bonds is 0. The minimum Gasteiger partial charge on any atom is -1.00 e. The molecule has 0 unspecified atom stereocenters. The zero-order chi connectivity index (χ0) is 2.00. The van der Waals surface area contributed by atoms with Gasteiger partial charge in [-0.25, -0.2) is 0 Å². The summed E-state index contributed by atoms with van der Waals surface area (Å²) in [4.78, 5) is 8.00. The Bertz CT molecular complexity index is 13.5. The molecule has 0 heterocycles. The van der Waals surface area contributed by atoms with Gasteiger partial charge < -0.3 is 7.65 Å². The van der Waals surface area contributed by atoms with E-state index >= 15 is 0 Å². The van der Waals surface area contributed by atoms with Gasteiger partial charge in [-0.2, -0.15) is 0 Å². The maximum absolute atomic E-state index is 8.00. The number of carbonyl (C=O) groups is 1. The van der Waals surface area contributed by atoms with Crippen LogP contribution in [0.1, 0.15) is 2.85 Å². The van der Waals surface area contributed by atoms with Crippen LogP contribution in [0.2, 0.25) is 0 Å². The zero-order valence-electron chi connectivity index (χ0n) is 4.32. The van der Waals surface area contributed by atoms with Crippen LogP contribution in [0.4, 0.5) is 0 Å². The fourth-order valence-corrected chi connectivity index (χ4v) is 0. The molecule has 0 rings (SSSR count). The van der Waals surface area contributed by atoms with E-state index in [9.17, 15) is 0 Å². The first-order valence-electron chi connectivity index (χ1n) is 0.289. The molecule has 0 aliphatic carbocycles. The van der Waals surface area contributed by atoms with E-state index in [-0.39, 0.29) is 73.5 Å². The average molecular weight is 217 g/mol. The molecule has 4 heavy (non-hydrogen) atoms. The third kappa shape index (κ3) is 9.04. The summed E-state index contributed by atoms with van der Waals surface area (Å²) in [5.74, 6) is 0. The van der Waals surface area contributed by atoms with Crippen molar-refractivity contribution < 1.29 is 29.4 Å². The first-order valence-corrected chi connectivity index (χ1v) is 0.289. The molecule has 0 aromatic carbocycles. The Kier molecular flexibility index (Phi) is 84.9. The van der Waals surface area contributed by atoms with Crippen LogP contribution in [-0.2, 0) is 26.5 Å². The summed E-state index contributed by atoms with van der Waals surface area (Å²) >= 11 is 0. The standard InChI is InChI=1S/CH2O.Ba.Ti.2H/c1-2;;;;/h1H2;;;;/q;+2;;2*-1. The van der Waals surface area contributed by atoms with Crippen molar-refractivity contribution in [3.8, 4) is 0 Å². The van der Waals surface area contributed by atoms with Gasteiger partial charge in [0.25, 0.3) is 0 Å². The summed E-state index contributed by atoms with van der Waals surface area (Å²) in [7, 11) is 0. The van der Waals surface area contributed by atoms with Gasteiger partial charge in [0, 0.05) is 21.7 Å². The molecular formula is CH4BaOTi. The predicted molar refractivity (Wildman–Crippen MR) is 15.1 cm³/mol. The summed E-state index contributed by atoms with van der Waals surface area (Å²) in [6.07, 6.45) is 0. The van der Waals surface area contributed by atoms with E-state index < -0.39 is 0 Å². The molecular weight excluding hydrogens is 213 g/mol. The molecule has 0 amide bonds. The van der Waals surface area contributed by atoms with Gasteiger partial charge in [0.05, 0.1) is 0 Å². The Morgan fingerprint density at radius 2 is 1.50 bits per heavy atom. The van der Waals surface area contributed by atoms with Gasteiger partial charge in [-0.05, 0) is 0 Å². The predicted octanol–water partition coefficient (Wildman–Crippen LogP) is -0.343. The molecule has 0 saturated carbocycles. The Morgan fingerprint density at radius 3 is 1.50 bits per heavy atom. The van der Waals surface area contributed by atoms with Gasteiger partial charge in [-0.1, -0.05) is 0 Å². The van der Waals surface area contributed by atoms with Crippen LogP contribution in [0.15, 0.2) is 0 Å². The molecule has 3 heteroatoms. The van der Waals surface area contributed by atoms with E-state index in [1.165, 1.54) is 0 Å². The quantitative estimate of drug-likeness (QED) is 0.507. The van der Waals surface area contributed by atoms with E-state index in [4.69, 9.17) is 4.79 Å². The molecule has 0 spiro atoms. The second kappa shape index (κ2) is 20.3. The first kappa shape index (κ1) is 16.7. The summed E-state index contributed by atoms with van der Waals surface area (Å²) in [6, 6.07) is 0. The zero-order valence-corrected chi connectivity index (χ0v) is 8.32. The van der Waals surface area contributed by atoms with Crippen molar-refractivity contribution in [2.75, 3.05) is 0 Å². The Balaban J connectivity index is -0.000000000833. The molecule has 0 fully saturated rings. The molecule has 1 nitrogen and oxygen atoms in total. The largest absolute Gasteiger partial charge is 2.00 e. The van der Waals surface area contributed by atoms with Crippen molar-refractivity contribution in [1.82, 2.24) is 0 Å². The number of hydrogen-bond acceptors (Lipinski definition) is 1. The van der Waals surface area contributed by atoms with Crippen LogP contribution in [0, 0.1) is 0 Å². The Hall–Kier alpha value is 1.96. The maximum Gasteiger partial charge on any atom is 2.00 e. The van der Waals surface area contributed by atoms with Crippen LogP contribution < -0.4 is 0 Å². The molecule has 20 valence electrons. The van der Waals surface area contributed by atoms with Crippen molar-refractivity contribution in [2.24, 2.45) is 0 Å². The molecule has 0 aliphatic heterocycles. The minimum absolute atomic E-state index is 0. The van der Waals surface area contributed by atoms with E-state index in [0.717, 1.165) is 0 Å². The second-order valence-corrected chi connectivity index (χ2v) is 0. The van der Waals surface area contributed by atoms with Crippen LogP contribution >= 0.6 is 0 Å². The van der Waals surface area contributed by atoms with Gasteiger partial charge in [-0.15, -0.1) is 0 Å². The van der Waals surface area contributed by atoms with Crippen LogP contribution in [0.25, 0.3) is 0 Å². The number of hydrogen-bond donors (Lipinski definition) is 0. The maximum atomic E-state index is 8.00. The fraction of sp³-hybridized carbons (Fsp3) is 0. The molecule has 0 N–H and O–H groups in total. The van der Waals surface area contributed by atoms with E-state index in [1.54, 1.807) is 0 Å². The molecule has 0 saturated heterocycles. The Morgan fingerprint density at radius 1 is 1.50 bits per heavy atom. The SMILES string of the molecule is C=O.[Ba+2].[H-].[H-].[Ti]. The van der Waals surface area contributed by atoms with Crippen molar-refractivity contribution in [1.29, 1.82) is 0 Å². The van der Waals surface area contributed by atoms with Crippen molar-refractivity contribution in [2.45, 2.75) is 0 Å². The fourth-order valence-electron chi connectivity index (χ4n) is 0. The summed E-state index contributed by atoms with van der Waals surface area (Å²) < 4.78 is 0.